The van der Waals surface area contributed by atoms with Crippen LogP contribution in [0, 0.1) is 0 Å². The van der Waals surface area contributed by atoms with Crippen molar-refractivity contribution in [2.24, 2.45) is 0 Å². The van der Waals surface area contributed by atoms with E-state index in [1.807, 2.05) is 42.3 Å². The number of hydrogen-bond donors (Lipinski definition) is 0. The van der Waals surface area contributed by atoms with Crippen molar-refractivity contribution < 1.29 is 19.0 Å². The van der Waals surface area contributed by atoms with Gasteiger partial charge < -0.3 is 19.1 Å². The zero-order valence-electron chi connectivity index (χ0n) is 19.1. The summed E-state index contributed by atoms with van der Waals surface area (Å²) in [4.78, 5) is 16.9. The van der Waals surface area contributed by atoms with E-state index in [0.717, 1.165) is 41.2 Å². The average molecular weight is 425 g/mol. The molecule has 166 valence electrons. The lowest BCUT2D eigenvalue weighted by Crippen LogP contribution is -2.41. The first-order valence-electron chi connectivity index (χ1n) is 10.5. The van der Waals surface area contributed by atoms with Crippen molar-refractivity contribution in [3.8, 4) is 17.2 Å². The molecular formula is C25H32N2O4. The fourth-order valence-electron chi connectivity index (χ4n) is 3.88. The molecule has 0 aromatic heterocycles. The molecule has 3 rings (SSSR count). The van der Waals surface area contributed by atoms with Gasteiger partial charge in [-0.05, 0) is 24.5 Å². The summed E-state index contributed by atoms with van der Waals surface area (Å²) in [6.07, 6.45) is 2.97. The summed E-state index contributed by atoms with van der Waals surface area (Å²) < 4.78 is 16.5. The van der Waals surface area contributed by atoms with Gasteiger partial charge in [0.1, 0.15) is 17.2 Å². The Morgan fingerprint density at radius 2 is 1.71 bits per heavy atom. The van der Waals surface area contributed by atoms with E-state index in [-0.39, 0.29) is 11.9 Å². The molecule has 0 N–H and O–H groups in total. The van der Waals surface area contributed by atoms with E-state index in [1.165, 1.54) is 0 Å². The molecule has 6 heteroatoms. The molecule has 0 saturated carbocycles. The second-order valence-corrected chi connectivity index (χ2v) is 7.71. The third-order valence-corrected chi connectivity index (χ3v) is 5.94. The van der Waals surface area contributed by atoms with E-state index >= 15 is 0 Å². The minimum Gasteiger partial charge on any atom is -0.496 e. The van der Waals surface area contributed by atoms with E-state index in [9.17, 15) is 4.79 Å². The molecule has 1 unspecified atom stereocenters. The Kier molecular flexibility index (Phi) is 7.58. The van der Waals surface area contributed by atoms with Crippen molar-refractivity contribution in [1.29, 1.82) is 0 Å². The van der Waals surface area contributed by atoms with Gasteiger partial charge in [-0.2, -0.15) is 0 Å². The quantitative estimate of drug-likeness (QED) is 0.641. The van der Waals surface area contributed by atoms with Gasteiger partial charge in [0, 0.05) is 32.3 Å². The van der Waals surface area contributed by atoms with Gasteiger partial charge in [0.25, 0.3) is 0 Å². The highest BCUT2D eigenvalue weighted by Crippen LogP contribution is 2.40. The Hall–Kier alpha value is -2.99. The highest BCUT2D eigenvalue weighted by atomic mass is 16.5. The van der Waals surface area contributed by atoms with Gasteiger partial charge in [0.2, 0.25) is 5.91 Å². The summed E-state index contributed by atoms with van der Waals surface area (Å²) in [6, 6.07) is 13.9. The van der Waals surface area contributed by atoms with Gasteiger partial charge in [-0.15, -0.1) is 0 Å². The number of rotatable bonds is 8. The third-order valence-electron chi connectivity index (χ3n) is 5.94. The maximum atomic E-state index is 12.9. The van der Waals surface area contributed by atoms with Crippen LogP contribution in [0.2, 0.25) is 0 Å². The number of nitrogens with zero attached hydrogens (tertiary/aromatic N) is 2. The topological polar surface area (TPSA) is 51.2 Å². The molecule has 1 aliphatic rings. The molecule has 1 heterocycles. The Morgan fingerprint density at radius 1 is 1.06 bits per heavy atom. The molecule has 2 aromatic carbocycles. The van der Waals surface area contributed by atoms with Gasteiger partial charge in [0.05, 0.1) is 39.5 Å². The maximum absolute atomic E-state index is 12.9. The predicted molar refractivity (Wildman–Crippen MR) is 123 cm³/mol. The predicted octanol–water partition coefficient (Wildman–Crippen LogP) is 4.02. The number of hydrogen-bond acceptors (Lipinski definition) is 5. The Labute approximate surface area is 185 Å². The number of methoxy groups -OCH3 is 3. The molecular weight excluding hydrogens is 392 g/mol. The van der Waals surface area contributed by atoms with E-state index in [2.05, 4.69) is 30.0 Å². The lowest BCUT2D eigenvalue weighted by atomic mass is 9.97. The Morgan fingerprint density at radius 3 is 2.23 bits per heavy atom. The smallest absolute Gasteiger partial charge is 0.237 e. The molecule has 0 aliphatic carbocycles. The van der Waals surface area contributed by atoms with Gasteiger partial charge in [-0.3, -0.25) is 9.69 Å². The second-order valence-electron chi connectivity index (χ2n) is 7.71. The summed E-state index contributed by atoms with van der Waals surface area (Å²) in [5.41, 5.74) is 3.25. The van der Waals surface area contributed by atoms with Crippen LogP contribution in [0.15, 0.2) is 48.5 Å². The Balaban J connectivity index is 1.68. The standard InChI is InChI=1S/C25H32N2O4/c1-18(19-9-7-6-8-10-19)26(2)24(28)17-27-13-11-20(12-14-27)25-22(30-4)15-21(29-3)16-23(25)31-5/h6-11,15-16,18H,12-14,17H2,1-5H3. The van der Waals surface area contributed by atoms with E-state index in [0.29, 0.717) is 18.8 Å². The van der Waals surface area contributed by atoms with Crippen LogP contribution in [0.3, 0.4) is 0 Å². The number of carbonyl (C=O) groups excluding carboxylic acids is 1. The van der Waals surface area contributed by atoms with Crippen molar-refractivity contribution >= 4 is 11.5 Å². The van der Waals surface area contributed by atoms with Gasteiger partial charge >= 0.3 is 0 Å². The van der Waals surface area contributed by atoms with Crippen molar-refractivity contribution in [2.45, 2.75) is 19.4 Å². The minimum atomic E-state index is 0.0393. The minimum absolute atomic E-state index is 0.0393. The number of likely N-dealkylation sites (N-methyl/N-ethyl adjacent to an activating group) is 1. The third kappa shape index (κ3) is 5.20. The number of amides is 1. The average Bonchev–Trinajstić information content (AvgIpc) is 2.83. The molecule has 2 aromatic rings. The van der Waals surface area contributed by atoms with Crippen LogP contribution in [0.25, 0.3) is 5.57 Å². The first-order valence-corrected chi connectivity index (χ1v) is 10.5. The summed E-state index contributed by atoms with van der Waals surface area (Å²) >= 11 is 0. The monoisotopic (exact) mass is 424 g/mol. The SMILES string of the molecule is COc1cc(OC)c(C2=CCN(CC(=O)N(C)C(C)c3ccccc3)CC2)c(OC)c1. The summed E-state index contributed by atoms with van der Waals surface area (Å²) in [5.74, 6) is 2.26. The number of benzene rings is 2. The van der Waals surface area contributed by atoms with Crippen molar-refractivity contribution in [1.82, 2.24) is 9.80 Å². The summed E-state index contributed by atoms with van der Waals surface area (Å²) in [6.45, 7) is 3.95. The normalized spacial score (nSPS) is 15.1. The molecule has 0 spiro atoms. The lowest BCUT2D eigenvalue weighted by Gasteiger charge is -2.31. The van der Waals surface area contributed by atoms with Crippen molar-refractivity contribution in [3.05, 3.63) is 59.7 Å². The Bertz CT molecular complexity index is 901. The van der Waals surface area contributed by atoms with E-state index in [1.54, 1.807) is 21.3 Å². The van der Waals surface area contributed by atoms with Crippen LogP contribution >= 0.6 is 0 Å². The summed E-state index contributed by atoms with van der Waals surface area (Å²) in [7, 11) is 6.79. The largest absolute Gasteiger partial charge is 0.496 e. The van der Waals surface area contributed by atoms with Gasteiger partial charge in [-0.1, -0.05) is 36.4 Å². The zero-order valence-corrected chi connectivity index (χ0v) is 19.1. The van der Waals surface area contributed by atoms with Gasteiger partial charge in [-0.25, -0.2) is 0 Å². The highest BCUT2D eigenvalue weighted by Gasteiger charge is 2.24. The molecule has 1 aliphatic heterocycles. The van der Waals surface area contributed by atoms with Crippen LogP contribution in [-0.2, 0) is 4.79 Å². The number of ether oxygens (including phenoxy) is 3. The summed E-state index contributed by atoms with van der Waals surface area (Å²) in [5, 5.41) is 0. The lowest BCUT2D eigenvalue weighted by molar-refractivity contribution is -0.132. The van der Waals surface area contributed by atoms with Crippen molar-refractivity contribution in [3.63, 3.8) is 0 Å². The maximum Gasteiger partial charge on any atom is 0.237 e. The first-order chi connectivity index (χ1) is 15.0. The molecule has 1 amide bonds. The zero-order chi connectivity index (χ0) is 22.4. The molecule has 0 radical (unpaired) electrons. The molecule has 31 heavy (non-hydrogen) atoms. The van der Waals surface area contributed by atoms with Crippen molar-refractivity contribution in [2.75, 3.05) is 48.0 Å². The van der Waals surface area contributed by atoms with E-state index < -0.39 is 0 Å². The number of carbonyl (C=O) groups is 1. The first kappa shape index (κ1) is 22.7. The fraction of sp³-hybridized carbons (Fsp3) is 0.400. The molecule has 0 fully saturated rings. The van der Waals surface area contributed by atoms with Crippen LogP contribution in [0.1, 0.15) is 30.5 Å². The molecule has 6 nitrogen and oxygen atoms in total. The molecule has 0 saturated heterocycles. The van der Waals surface area contributed by atoms with Crippen LogP contribution in [0.4, 0.5) is 0 Å². The van der Waals surface area contributed by atoms with Crippen LogP contribution < -0.4 is 14.2 Å². The molecule has 0 bridgehead atoms. The second kappa shape index (κ2) is 10.4. The molecule has 1 atom stereocenters. The van der Waals surface area contributed by atoms with Gasteiger partial charge in [0.15, 0.2) is 0 Å². The fourth-order valence-corrected chi connectivity index (χ4v) is 3.88. The van der Waals surface area contributed by atoms with Crippen LogP contribution in [-0.4, -0.2) is 63.7 Å². The van der Waals surface area contributed by atoms with Crippen LogP contribution in [0.5, 0.6) is 17.2 Å². The van der Waals surface area contributed by atoms with E-state index in [4.69, 9.17) is 14.2 Å². The highest BCUT2D eigenvalue weighted by molar-refractivity contribution is 5.80.